The van der Waals surface area contributed by atoms with Gasteiger partial charge in [-0.1, -0.05) is 0 Å². The summed E-state index contributed by atoms with van der Waals surface area (Å²) in [6.45, 7) is 0.527. The average Bonchev–Trinajstić information content (AvgIpc) is 3.01. The first-order chi connectivity index (χ1) is 9.06. The highest BCUT2D eigenvalue weighted by Gasteiger charge is 2.40. The van der Waals surface area contributed by atoms with E-state index in [1.165, 1.54) is 17.7 Å². The van der Waals surface area contributed by atoms with E-state index in [0.29, 0.717) is 24.8 Å². The van der Waals surface area contributed by atoms with Gasteiger partial charge in [0.05, 0.1) is 12.2 Å². The molecule has 1 aromatic heterocycles. The molecule has 2 saturated heterocycles. The van der Waals surface area contributed by atoms with Crippen LogP contribution in [0.25, 0.3) is 0 Å². The molecule has 2 aliphatic rings. The zero-order chi connectivity index (χ0) is 13.6. The van der Waals surface area contributed by atoms with Crippen molar-refractivity contribution in [2.75, 3.05) is 0 Å². The third-order valence-corrected chi connectivity index (χ3v) is 4.28. The van der Waals surface area contributed by atoms with Gasteiger partial charge in [-0.15, -0.1) is 0 Å². The number of ether oxygens (including phenoxy) is 1. The Hall–Kier alpha value is -1.40. The van der Waals surface area contributed by atoms with Crippen molar-refractivity contribution >= 4 is 0 Å². The molecule has 0 spiro atoms. The number of fused-ring (bicyclic) bond motifs is 2. The van der Waals surface area contributed by atoms with E-state index in [1.54, 1.807) is 7.05 Å². The van der Waals surface area contributed by atoms with Crippen LogP contribution in [0.3, 0.4) is 0 Å². The molecule has 6 nitrogen and oxygen atoms in total. The van der Waals surface area contributed by atoms with Gasteiger partial charge in [0.1, 0.15) is 0 Å². The summed E-state index contributed by atoms with van der Waals surface area (Å²) in [6.07, 6.45) is 4.00. The van der Waals surface area contributed by atoms with Gasteiger partial charge in [-0.2, -0.15) is 0 Å². The highest BCUT2D eigenvalue weighted by atomic mass is 16.5. The topological polar surface area (TPSA) is 65.3 Å². The quantitative estimate of drug-likeness (QED) is 0.800. The first kappa shape index (κ1) is 12.6. The summed E-state index contributed by atoms with van der Waals surface area (Å²) in [5.74, 6) is 0. The second-order valence-electron chi connectivity index (χ2n) is 5.47. The molecule has 6 heteroatoms. The summed E-state index contributed by atoms with van der Waals surface area (Å²) in [5.41, 5.74) is 0.174. The third-order valence-electron chi connectivity index (χ3n) is 4.28. The van der Waals surface area contributed by atoms with Crippen LogP contribution in [0.4, 0.5) is 0 Å². The molecule has 3 atom stereocenters. The highest BCUT2D eigenvalue weighted by molar-refractivity contribution is 5.03. The van der Waals surface area contributed by atoms with Crippen LogP contribution in [-0.4, -0.2) is 27.4 Å². The van der Waals surface area contributed by atoms with Crippen molar-refractivity contribution in [3.63, 3.8) is 0 Å². The van der Waals surface area contributed by atoms with Gasteiger partial charge < -0.3 is 10.1 Å². The average molecular weight is 265 g/mol. The Kier molecular flexibility index (Phi) is 3.06. The van der Waals surface area contributed by atoms with Gasteiger partial charge in [0.2, 0.25) is 0 Å². The van der Waals surface area contributed by atoms with E-state index in [1.807, 2.05) is 0 Å². The monoisotopic (exact) mass is 265 g/mol. The van der Waals surface area contributed by atoms with Crippen LogP contribution in [0.5, 0.6) is 0 Å². The maximum atomic E-state index is 11.8. The maximum absolute atomic E-state index is 11.8. The minimum Gasteiger partial charge on any atom is -0.373 e. The maximum Gasteiger partial charge on any atom is 0.330 e. The summed E-state index contributed by atoms with van der Waals surface area (Å²) < 4.78 is 8.40. The van der Waals surface area contributed by atoms with E-state index in [9.17, 15) is 9.59 Å². The second-order valence-corrected chi connectivity index (χ2v) is 5.47. The van der Waals surface area contributed by atoms with Gasteiger partial charge in [0.15, 0.2) is 0 Å². The molecule has 1 aromatic rings. The fourth-order valence-electron chi connectivity index (χ4n) is 3.04. The standard InChI is InChI=1S/C13H19N3O3/c1-15-8(5-12(17)16(2)13(15)18)7-14-10-6-9-3-4-11(10)19-9/h5,9-11,14H,3-4,6-7H2,1-2H3. The van der Waals surface area contributed by atoms with Crippen LogP contribution in [0, 0.1) is 0 Å². The summed E-state index contributed by atoms with van der Waals surface area (Å²) in [6, 6.07) is 1.86. The van der Waals surface area contributed by atoms with Crippen LogP contribution in [0.15, 0.2) is 15.7 Å². The first-order valence-corrected chi connectivity index (χ1v) is 6.71. The Balaban J connectivity index is 1.74. The van der Waals surface area contributed by atoms with E-state index in [-0.39, 0.29) is 11.2 Å². The molecule has 0 radical (unpaired) electrons. The predicted molar refractivity (Wildman–Crippen MR) is 70.1 cm³/mol. The molecule has 0 amide bonds. The molecule has 1 N–H and O–H groups in total. The molecule has 2 bridgehead atoms. The lowest BCUT2D eigenvalue weighted by Crippen LogP contribution is -2.41. The highest BCUT2D eigenvalue weighted by Crippen LogP contribution is 2.34. The zero-order valence-electron chi connectivity index (χ0n) is 11.3. The van der Waals surface area contributed by atoms with Gasteiger partial charge in [0.25, 0.3) is 5.56 Å². The van der Waals surface area contributed by atoms with Crippen LogP contribution in [0.1, 0.15) is 25.0 Å². The lowest BCUT2D eigenvalue weighted by Gasteiger charge is -2.20. The molecule has 104 valence electrons. The zero-order valence-corrected chi connectivity index (χ0v) is 11.3. The fraction of sp³-hybridized carbons (Fsp3) is 0.692. The van der Waals surface area contributed by atoms with E-state index in [2.05, 4.69) is 5.32 Å². The lowest BCUT2D eigenvalue weighted by molar-refractivity contribution is 0.0972. The normalized spacial score (nSPS) is 29.1. The molecule has 3 rings (SSSR count). The minimum atomic E-state index is -0.284. The van der Waals surface area contributed by atoms with Gasteiger partial charge in [-0.3, -0.25) is 13.9 Å². The Bertz CT molecular complexity index is 604. The largest absolute Gasteiger partial charge is 0.373 e. The van der Waals surface area contributed by atoms with Crippen molar-refractivity contribution in [1.29, 1.82) is 0 Å². The van der Waals surface area contributed by atoms with Crippen molar-refractivity contribution in [3.05, 3.63) is 32.6 Å². The van der Waals surface area contributed by atoms with Crippen LogP contribution >= 0.6 is 0 Å². The number of nitrogens with zero attached hydrogens (tertiary/aromatic N) is 2. The molecular formula is C13H19N3O3. The Morgan fingerprint density at radius 3 is 2.74 bits per heavy atom. The van der Waals surface area contributed by atoms with Gasteiger partial charge in [0, 0.05) is 38.4 Å². The molecule has 2 fully saturated rings. The summed E-state index contributed by atoms with van der Waals surface area (Å²) in [5, 5.41) is 3.41. The molecule has 2 aliphatic heterocycles. The van der Waals surface area contributed by atoms with Crippen molar-refractivity contribution in [2.45, 2.75) is 44.1 Å². The molecule has 3 unspecified atom stereocenters. The molecule has 0 aromatic carbocycles. The second kappa shape index (κ2) is 4.61. The number of hydrogen-bond acceptors (Lipinski definition) is 4. The number of aromatic nitrogens is 2. The Morgan fingerprint density at radius 2 is 2.11 bits per heavy atom. The van der Waals surface area contributed by atoms with Crippen LogP contribution in [0.2, 0.25) is 0 Å². The van der Waals surface area contributed by atoms with Crippen molar-refractivity contribution in [2.24, 2.45) is 14.1 Å². The summed E-state index contributed by atoms with van der Waals surface area (Å²) in [4.78, 5) is 23.4. The van der Waals surface area contributed by atoms with E-state index in [4.69, 9.17) is 4.74 Å². The SMILES string of the molecule is Cn1c(CNC2CC3CCC2O3)cc(=O)n(C)c1=O. The van der Waals surface area contributed by atoms with E-state index < -0.39 is 0 Å². The van der Waals surface area contributed by atoms with E-state index >= 15 is 0 Å². The van der Waals surface area contributed by atoms with Crippen molar-refractivity contribution in [3.8, 4) is 0 Å². The smallest absolute Gasteiger partial charge is 0.330 e. The predicted octanol–water partition coefficient (Wildman–Crippen LogP) is -0.506. The summed E-state index contributed by atoms with van der Waals surface area (Å²) >= 11 is 0. The Labute approximate surface area is 111 Å². The van der Waals surface area contributed by atoms with Gasteiger partial charge >= 0.3 is 5.69 Å². The lowest BCUT2D eigenvalue weighted by atomic mass is 9.95. The molecular weight excluding hydrogens is 246 g/mol. The molecule has 0 aliphatic carbocycles. The third kappa shape index (κ3) is 2.15. The van der Waals surface area contributed by atoms with Crippen molar-refractivity contribution < 1.29 is 4.74 Å². The van der Waals surface area contributed by atoms with Crippen molar-refractivity contribution in [1.82, 2.24) is 14.5 Å². The molecule has 0 saturated carbocycles. The molecule has 19 heavy (non-hydrogen) atoms. The molecule has 3 heterocycles. The fourth-order valence-corrected chi connectivity index (χ4v) is 3.04. The minimum absolute atomic E-state index is 0.260. The van der Waals surface area contributed by atoms with Crippen LogP contribution in [-0.2, 0) is 25.4 Å². The van der Waals surface area contributed by atoms with Gasteiger partial charge in [-0.05, 0) is 19.3 Å². The number of hydrogen-bond donors (Lipinski definition) is 1. The van der Waals surface area contributed by atoms with Gasteiger partial charge in [-0.25, -0.2) is 4.79 Å². The number of rotatable bonds is 3. The first-order valence-electron chi connectivity index (χ1n) is 6.71. The summed E-state index contributed by atoms with van der Waals surface area (Å²) in [7, 11) is 3.18. The van der Waals surface area contributed by atoms with Crippen LogP contribution < -0.4 is 16.6 Å². The van der Waals surface area contributed by atoms with E-state index in [0.717, 1.165) is 29.5 Å². The number of nitrogens with one attached hydrogen (secondary N) is 1. The Morgan fingerprint density at radius 1 is 1.32 bits per heavy atom.